The predicted octanol–water partition coefficient (Wildman–Crippen LogP) is 4.00. The zero-order valence-electron chi connectivity index (χ0n) is 20.9. The number of sulfonamides is 1. The Morgan fingerprint density at radius 3 is 2.49 bits per heavy atom. The Hall–Kier alpha value is -2.95. The van der Waals surface area contributed by atoms with Crippen LogP contribution in [0.1, 0.15) is 56.9 Å². The van der Waals surface area contributed by atoms with Crippen LogP contribution >= 0.6 is 0 Å². The van der Waals surface area contributed by atoms with Gasteiger partial charge in [-0.25, -0.2) is 13.2 Å². The molecule has 0 radical (unpaired) electrons. The van der Waals surface area contributed by atoms with E-state index < -0.39 is 22.1 Å². The number of aromatic nitrogens is 2. The van der Waals surface area contributed by atoms with Crippen molar-refractivity contribution in [3.8, 4) is 5.75 Å². The van der Waals surface area contributed by atoms with E-state index in [-0.39, 0.29) is 29.1 Å². The summed E-state index contributed by atoms with van der Waals surface area (Å²) >= 11 is 0. The van der Waals surface area contributed by atoms with Gasteiger partial charge < -0.3 is 14.9 Å². The maximum Gasteiger partial charge on any atom is 0.338 e. The molecule has 3 atom stereocenters. The van der Waals surface area contributed by atoms with E-state index in [1.165, 1.54) is 17.1 Å². The summed E-state index contributed by atoms with van der Waals surface area (Å²) in [4.78, 5) is 11.8. The molecule has 9 nitrogen and oxygen atoms in total. The molecular weight excluding hydrogens is 494 g/mol. The second kappa shape index (κ2) is 10.4. The molecule has 3 aromatic rings. The van der Waals surface area contributed by atoms with Crippen molar-refractivity contribution in [2.24, 2.45) is 11.8 Å². The minimum Gasteiger partial charge on any atom is -0.494 e. The quantitative estimate of drug-likeness (QED) is 0.431. The lowest BCUT2D eigenvalue weighted by atomic mass is 9.90. The fourth-order valence-corrected chi connectivity index (χ4v) is 7.42. The van der Waals surface area contributed by atoms with Crippen LogP contribution in [0.5, 0.6) is 5.75 Å². The number of rotatable bonds is 9. The van der Waals surface area contributed by atoms with Crippen molar-refractivity contribution in [1.82, 2.24) is 14.1 Å². The molecule has 1 unspecified atom stereocenters. The number of carboxylic acid groups (broad SMARTS) is 1. The number of benzene rings is 2. The van der Waals surface area contributed by atoms with E-state index in [4.69, 9.17) is 4.74 Å². The van der Waals surface area contributed by atoms with Crippen LogP contribution in [0.4, 0.5) is 0 Å². The van der Waals surface area contributed by atoms with Gasteiger partial charge in [0.25, 0.3) is 0 Å². The maximum absolute atomic E-state index is 13.7. The second-order valence-corrected chi connectivity index (χ2v) is 12.0. The van der Waals surface area contributed by atoms with Crippen molar-refractivity contribution in [2.75, 3.05) is 19.7 Å². The highest BCUT2D eigenvalue weighted by Gasteiger charge is 2.42. The van der Waals surface area contributed by atoms with Gasteiger partial charge >= 0.3 is 5.97 Å². The fraction of sp³-hybridized carbons (Fsp3) is 0.481. The highest BCUT2D eigenvalue weighted by atomic mass is 32.2. The van der Waals surface area contributed by atoms with Gasteiger partial charge in [0.15, 0.2) is 6.10 Å². The first kappa shape index (κ1) is 25.7. The van der Waals surface area contributed by atoms with Gasteiger partial charge in [0, 0.05) is 18.5 Å². The molecule has 10 heteroatoms. The van der Waals surface area contributed by atoms with Crippen LogP contribution in [-0.4, -0.2) is 58.4 Å². The number of hydrogen-bond acceptors (Lipinski definition) is 6. The molecule has 5 rings (SSSR count). The Morgan fingerprint density at radius 1 is 1.11 bits per heavy atom. The van der Waals surface area contributed by atoms with Gasteiger partial charge in [-0.1, -0.05) is 43.9 Å². The Morgan fingerprint density at radius 2 is 1.81 bits per heavy atom. The molecule has 2 fully saturated rings. The fourth-order valence-electron chi connectivity index (χ4n) is 5.90. The summed E-state index contributed by atoms with van der Waals surface area (Å²) in [6.07, 6.45) is 3.77. The minimum absolute atomic E-state index is 0.0127. The largest absolute Gasteiger partial charge is 0.494 e. The van der Waals surface area contributed by atoms with Crippen molar-refractivity contribution in [3.05, 3.63) is 54.2 Å². The highest BCUT2D eigenvalue weighted by molar-refractivity contribution is 7.89. The summed E-state index contributed by atoms with van der Waals surface area (Å²) in [6, 6.07) is 13.4. The lowest BCUT2D eigenvalue weighted by molar-refractivity contribution is -0.147. The van der Waals surface area contributed by atoms with Gasteiger partial charge in [0.1, 0.15) is 11.4 Å². The number of ether oxygens (including phenoxy) is 1. The van der Waals surface area contributed by atoms with Gasteiger partial charge in [0.05, 0.1) is 23.1 Å². The third kappa shape index (κ3) is 4.97. The van der Waals surface area contributed by atoms with Gasteiger partial charge in [-0.15, -0.1) is 0 Å². The number of aliphatic hydroxyl groups excluding tert-OH is 1. The van der Waals surface area contributed by atoms with Gasteiger partial charge in [-0.3, -0.25) is 4.68 Å². The molecule has 0 bridgehead atoms. The lowest BCUT2D eigenvalue weighted by Gasteiger charge is -2.22. The van der Waals surface area contributed by atoms with Crippen LogP contribution in [0, 0.1) is 11.8 Å². The summed E-state index contributed by atoms with van der Waals surface area (Å²) in [5.41, 5.74) is 0.773. The molecule has 1 saturated carbocycles. The summed E-state index contributed by atoms with van der Waals surface area (Å²) < 4.78 is 36.1. The van der Waals surface area contributed by atoms with Crippen molar-refractivity contribution in [3.63, 3.8) is 0 Å². The standard InChI is InChI=1S/C27H33N3O6S/c1-2-36-20-11-13-21(14-12-20)37(34,35)29-16-19(15-18-7-3-4-8-18)24(17-29)30-23-10-6-5-9-22(23)25(28-30)26(31)27(32)33/h5-6,9-14,18-19,24,26,31H,2-4,7-8,15-17H2,1H3,(H,32,33)/t19-,24+,26?/m1/s1. The van der Waals surface area contributed by atoms with E-state index in [2.05, 4.69) is 5.10 Å². The predicted molar refractivity (Wildman–Crippen MR) is 138 cm³/mol. The molecule has 198 valence electrons. The average Bonchev–Trinajstić information content (AvgIpc) is 3.63. The molecule has 2 aromatic carbocycles. The number of fused-ring (bicyclic) bond motifs is 1. The van der Waals surface area contributed by atoms with Crippen molar-refractivity contribution >= 4 is 26.9 Å². The second-order valence-electron chi connectivity index (χ2n) is 10.0. The van der Waals surface area contributed by atoms with Crippen molar-refractivity contribution < 1.29 is 28.2 Å². The van der Waals surface area contributed by atoms with E-state index in [1.807, 2.05) is 19.1 Å². The number of hydrogen-bond donors (Lipinski definition) is 2. The topological polar surface area (TPSA) is 122 Å². The van der Waals surface area contributed by atoms with Crippen LogP contribution in [0.3, 0.4) is 0 Å². The first-order chi connectivity index (χ1) is 17.8. The van der Waals surface area contributed by atoms with Crippen LogP contribution in [0.25, 0.3) is 10.9 Å². The Kier molecular flexibility index (Phi) is 7.24. The number of carboxylic acids is 1. The van der Waals surface area contributed by atoms with Crippen LogP contribution in [-0.2, 0) is 14.8 Å². The number of aliphatic hydroxyl groups is 1. The van der Waals surface area contributed by atoms with Gasteiger partial charge in [-0.2, -0.15) is 9.40 Å². The molecule has 2 aliphatic rings. The van der Waals surface area contributed by atoms with E-state index in [9.17, 15) is 23.4 Å². The number of para-hydroxylation sites is 1. The zero-order valence-corrected chi connectivity index (χ0v) is 21.7. The Balaban J connectivity index is 1.51. The maximum atomic E-state index is 13.7. The molecule has 0 amide bonds. The highest BCUT2D eigenvalue weighted by Crippen LogP contribution is 2.41. The monoisotopic (exact) mass is 527 g/mol. The van der Waals surface area contributed by atoms with E-state index in [0.717, 1.165) is 19.3 Å². The molecule has 0 spiro atoms. The summed E-state index contributed by atoms with van der Waals surface area (Å²) in [5.74, 6) is -0.207. The van der Waals surface area contributed by atoms with E-state index in [0.29, 0.717) is 35.7 Å². The molecule has 2 heterocycles. The van der Waals surface area contributed by atoms with Crippen molar-refractivity contribution in [1.29, 1.82) is 0 Å². The normalized spacial score (nSPS) is 22.0. The average molecular weight is 528 g/mol. The Labute approximate surface area is 216 Å². The molecule has 1 saturated heterocycles. The lowest BCUT2D eigenvalue weighted by Crippen LogP contribution is -2.29. The zero-order chi connectivity index (χ0) is 26.2. The molecule has 1 aromatic heterocycles. The van der Waals surface area contributed by atoms with E-state index in [1.54, 1.807) is 41.1 Å². The Bertz CT molecular complexity index is 1360. The number of aliphatic carboxylic acids is 1. The third-order valence-corrected chi connectivity index (χ3v) is 9.55. The first-order valence-corrected chi connectivity index (χ1v) is 14.3. The van der Waals surface area contributed by atoms with Crippen LogP contribution < -0.4 is 4.74 Å². The van der Waals surface area contributed by atoms with Crippen molar-refractivity contribution in [2.45, 2.75) is 56.1 Å². The number of carbonyl (C=O) groups is 1. The SMILES string of the molecule is CCOc1ccc(S(=O)(=O)N2C[C@@H](CC3CCCC3)[C@@H](n3nc(C(O)C(=O)O)c4ccccc43)C2)cc1. The van der Waals surface area contributed by atoms with E-state index >= 15 is 0 Å². The molecular formula is C27H33N3O6S. The smallest absolute Gasteiger partial charge is 0.338 e. The first-order valence-electron chi connectivity index (χ1n) is 12.9. The third-order valence-electron chi connectivity index (χ3n) is 7.71. The number of nitrogens with zero attached hydrogens (tertiary/aromatic N) is 3. The minimum atomic E-state index is -3.76. The molecule has 1 aliphatic carbocycles. The van der Waals surface area contributed by atoms with Crippen LogP contribution in [0.15, 0.2) is 53.4 Å². The van der Waals surface area contributed by atoms with Gasteiger partial charge in [-0.05, 0) is 55.5 Å². The summed E-state index contributed by atoms with van der Waals surface area (Å²) in [7, 11) is -3.76. The summed E-state index contributed by atoms with van der Waals surface area (Å²) in [6.45, 7) is 2.96. The summed E-state index contributed by atoms with van der Waals surface area (Å²) in [5, 5.41) is 24.9. The molecule has 1 aliphatic heterocycles. The van der Waals surface area contributed by atoms with Crippen LogP contribution in [0.2, 0.25) is 0 Å². The molecule has 37 heavy (non-hydrogen) atoms. The van der Waals surface area contributed by atoms with Gasteiger partial charge in [0.2, 0.25) is 10.0 Å². The molecule has 2 N–H and O–H groups in total.